The van der Waals surface area contributed by atoms with Gasteiger partial charge < -0.3 is 34.1 Å². The molecule has 4 aromatic carbocycles. The van der Waals surface area contributed by atoms with Crippen molar-refractivity contribution in [2.24, 2.45) is 0 Å². The Morgan fingerprint density at radius 3 is 2.22 bits per heavy atom. The van der Waals surface area contributed by atoms with Crippen LogP contribution in [-0.4, -0.2) is 115 Å². The van der Waals surface area contributed by atoms with Crippen LogP contribution in [0.25, 0.3) is 11.0 Å². The standard InChI is InChI=1S/C43H49N5O9S/c1-55-37-25-31(26-38(56-2)39(37)57-3)40(49)48(29-58(52,53)54)24-20-43(28-48,32-12-5-4-6-13-32)19-23-46-21-17-33(18-22-46)44-42-45-35-15-9-10-16-36(35)47(42)27-30-11-7-8-14-34(30)41(50)51/h4-16,25-26,33H,17-24,27-29H2,1-3H3,(H2-,44,45,50,51,52,53,54)/p+1. The van der Waals surface area contributed by atoms with Crippen molar-refractivity contribution >= 4 is 39.0 Å². The number of hydrogen-bond acceptors (Lipinski definition) is 10. The van der Waals surface area contributed by atoms with E-state index in [1.807, 2.05) is 71.3 Å². The van der Waals surface area contributed by atoms with Gasteiger partial charge in [0.05, 0.1) is 68.5 Å². The lowest BCUT2D eigenvalue weighted by molar-refractivity contribution is -0.826. The van der Waals surface area contributed by atoms with Crippen molar-refractivity contribution in [3.63, 3.8) is 0 Å². The molecule has 0 spiro atoms. The summed E-state index contributed by atoms with van der Waals surface area (Å²) in [6.07, 6.45) is 2.88. The average molecular weight is 813 g/mol. The molecule has 58 heavy (non-hydrogen) atoms. The Labute approximate surface area is 338 Å². The molecule has 15 heteroatoms. The van der Waals surface area contributed by atoms with Gasteiger partial charge >= 0.3 is 22.0 Å². The van der Waals surface area contributed by atoms with Crippen molar-refractivity contribution in [3.8, 4) is 17.2 Å². The van der Waals surface area contributed by atoms with Crippen molar-refractivity contribution in [1.29, 1.82) is 0 Å². The molecule has 2 atom stereocenters. The SMILES string of the molecule is COc1cc(C(=O)[N+]2(CS(=O)(=O)O)CCC(CCN3CCC(Nc4nc5ccccc5n4Cc4ccccc4C(=O)O)CC3)(c3ccccc3)C2)cc(OC)c1OC. The number of methoxy groups -OCH3 is 3. The molecule has 2 aliphatic rings. The molecule has 2 unspecified atom stereocenters. The van der Waals surface area contributed by atoms with E-state index in [4.69, 9.17) is 19.2 Å². The van der Waals surface area contributed by atoms with E-state index in [-0.39, 0.29) is 41.8 Å². The smallest absolute Gasteiger partial charge is 0.347 e. The number of likely N-dealkylation sites (tertiary alicyclic amines) is 2. The third kappa shape index (κ3) is 8.39. The fourth-order valence-electron chi connectivity index (χ4n) is 8.91. The second-order valence-electron chi connectivity index (χ2n) is 15.3. The van der Waals surface area contributed by atoms with Crippen molar-refractivity contribution in [2.45, 2.75) is 43.7 Å². The van der Waals surface area contributed by atoms with E-state index in [9.17, 15) is 27.7 Å². The second kappa shape index (κ2) is 16.8. The predicted molar refractivity (Wildman–Crippen MR) is 220 cm³/mol. The van der Waals surface area contributed by atoms with Crippen LogP contribution in [0.15, 0.2) is 91.0 Å². The Morgan fingerprint density at radius 2 is 1.57 bits per heavy atom. The lowest BCUT2D eigenvalue weighted by Gasteiger charge is -2.37. The minimum Gasteiger partial charge on any atom is -0.493 e. The zero-order valence-electron chi connectivity index (χ0n) is 33.0. The van der Waals surface area contributed by atoms with Gasteiger partial charge in [-0.05, 0) is 55.1 Å². The number of quaternary nitrogens is 1. The summed E-state index contributed by atoms with van der Waals surface area (Å²) in [7, 11) is -0.224. The number of imidazole rings is 1. The number of carboxylic acid groups (broad SMARTS) is 1. The average Bonchev–Trinajstić information content (AvgIpc) is 3.78. The van der Waals surface area contributed by atoms with E-state index in [2.05, 4.69) is 10.2 Å². The number of fused-ring (bicyclic) bond motifs is 1. The first-order chi connectivity index (χ1) is 27.9. The fourth-order valence-corrected chi connectivity index (χ4v) is 9.87. The summed E-state index contributed by atoms with van der Waals surface area (Å²) in [5, 5.41) is 13.5. The normalized spacial score (nSPS) is 20.2. The minimum absolute atomic E-state index is 0.131. The molecule has 14 nitrogen and oxygen atoms in total. The molecular formula is C43H50N5O9S+. The van der Waals surface area contributed by atoms with Gasteiger partial charge in [0.2, 0.25) is 17.6 Å². The van der Waals surface area contributed by atoms with E-state index < -0.39 is 37.8 Å². The number of carbonyl (C=O) groups excluding carboxylic acids is 1. The van der Waals surface area contributed by atoms with E-state index in [1.165, 1.54) is 33.5 Å². The Balaban J connectivity index is 1.09. The summed E-state index contributed by atoms with van der Waals surface area (Å²) in [6.45, 7) is 3.06. The van der Waals surface area contributed by atoms with Crippen LogP contribution in [0.1, 0.15) is 57.5 Å². The van der Waals surface area contributed by atoms with Crippen molar-refractivity contribution in [2.75, 3.05) is 65.2 Å². The van der Waals surface area contributed by atoms with Crippen LogP contribution in [0.4, 0.5) is 5.95 Å². The highest BCUT2D eigenvalue weighted by atomic mass is 32.2. The van der Waals surface area contributed by atoms with Crippen LogP contribution in [0, 0.1) is 0 Å². The highest BCUT2D eigenvalue weighted by Gasteiger charge is 2.55. The molecule has 2 fully saturated rings. The number of benzene rings is 4. The third-order valence-corrected chi connectivity index (χ3v) is 12.6. The highest BCUT2D eigenvalue weighted by molar-refractivity contribution is 7.85. The van der Waals surface area contributed by atoms with Crippen LogP contribution in [0.3, 0.4) is 0 Å². The summed E-state index contributed by atoms with van der Waals surface area (Å²) in [5.74, 6) is -0.660. The van der Waals surface area contributed by atoms with Crippen LogP contribution in [-0.2, 0) is 22.1 Å². The van der Waals surface area contributed by atoms with Gasteiger partial charge in [-0.3, -0.25) is 4.55 Å². The van der Waals surface area contributed by atoms with Crippen LogP contribution < -0.4 is 19.5 Å². The number of nitrogens with zero attached hydrogens (tertiary/aromatic N) is 4. The number of amides is 1. The number of ether oxygens (including phenoxy) is 3. The van der Waals surface area contributed by atoms with Crippen molar-refractivity contribution in [1.82, 2.24) is 14.5 Å². The second-order valence-corrected chi connectivity index (χ2v) is 16.8. The zero-order valence-corrected chi connectivity index (χ0v) is 33.8. The summed E-state index contributed by atoms with van der Waals surface area (Å²) < 4.78 is 53.7. The lowest BCUT2D eigenvalue weighted by atomic mass is 9.76. The monoisotopic (exact) mass is 812 g/mol. The van der Waals surface area contributed by atoms with Crippen LogP contribution >= 0.6 is 0 Å². The number of aromatic nitrogens is 2. The molecule has 0 radical (unpaired) electrons. The molecular weight excluding hydrogens is 763 g/mol. The van der Waals surface area contributed by atoms with Crippen LogP contribution in [0.2, 0.25) is 0 Å². The molecule has 7 rings (SSSR count). The van der Waals surface area contributed by atoms with Gasteiger partial charge in [-0.1, -0.05) is 60.7 Å². The Bertz CT molecular complexity index is 2370. The Kier molecular flexibility index (Phi) is 11.8. The number of para-hydroxylation sites is 2. The number of aromatic carboxylic acids is 1. The molecule has 5 aromatic rings. The predicted octanol–water partition coefficient (Wildman–Crippen LogP) is 5.92. The highest BCUT2D eigenvalue weighted by Crippen LogP contribution is 2.45. The van der Waals surface area contributed by atoms with Gasteiger partial charge in [0, 0.05) is 37.7 Å². The first-order valence-corrected chi connectivity index (χ1v) is 21.0. The maximum Gasteiger partial charge on any atom is 0.347 e. The molecule has 2 aliphatic heterocycles. The zero-order chi connectivity index (χ0) is 41.1. The molecule has 0 bridgehead atoms. The molecule has 0 aliphatic carbocycles. The fraction of sp³-hybridized carbons (Fsp3) is 0.372. The first-order valence-electron chi connectivity index (χ1n) is 19.3. The molecule has 3 heterocycles. The van der Waals surface area contributed by atoms with Crippen molar-refractivity contribution < 1.29 is 46.4 Å². The van der Waals surface area contributed by atoms with Gasteiger partial charge in [0.15, 0.2) is 11.5 Å². The van der Waals surface area contributed by atoms with E-state index in [1.54, 1.807) is 12.1 Å². The molecule has 1 amide bonds. The van der Waals surface area contributed by atoms with E-state index in [0.29, 0.717) is 36.6 Å². The van der Waals surface area contributed by atoms with Crippen LogP contribution in [0.5, 0.6) is 17.2 Å². The van der Waals surface area contributed by atoms with Gasteiger partial charge in [-0.25, -0.2) is 19.1 Å². The Morgan fingerprint density at radius 1 is 0.914 bits per heavy atom. The molecule has 1 aromatic heterocycles. The summed E-state index contributed by atoms with van der Waals surface area (Å²) in [4.78, 5) is 34.0. The number of piperidine rings is 1. The number of hydrogen-bond donors (Lipinski definition) is 3. The first kappa shape index (κ1) is 40.7. The van der Waals surface area contributed by atoms with Gasteiger partial charge in [-0.2, -0.15) is 8.42 Å². The summed E-state index contributed by atoms with van der Waals surface area (Å²) in [6, 6.07) is 28.0. The Hall–Kier alpha value is -5.48. The van der Waals surface area contributed by atoms with Gasteiger partial charge in [-0.15, -0.1) is 0 Å². The number of anilines is 1. The van der Waals surface area contributed by atoms with Gasteiger partial charge in [0.25, 0.3) is 0 Å². The number of rotatable bonds is 15. The van der Waals surface area contributed by atoms with E-state index in [0.717, 1.165) is 49.1 Å². The molecule has 3 N–H and O–H groups in total. The number of carbonyl (C=O) groups is 2. The quantitative estimate of drug-likeness (QED) is 0.0845. The lowest BCUT2D eigenvalue weighted by Crippen LogP contribution is -2.55. The number of nitrogens with one attached hydrogen (secondary N) is 1. The number of carboxylic acids is 1. The summed E-state index contributed by atoms with van der Waals surface area (Å²) in [5.41, 5.74) is 3.34. The largest absolute Gasteiger partial charge is 0.493 e. The molecule has 2 saturated heterocycles. The minimum atomic E-state index is -4.58. The maximum absolute atomic E-state index is 14.6. The molecule has 306 valence electrons. The van der Waals surface area contributed by atoms with Crippen molar-refractivity contribution in [3.05, 3.63) is 113 Å². The molecule has 0 saturated carbocycles. The third-order valence-electron chi connectivity index (χ3n) is 11.8. The summed E-state index contributed by atoms with van der Waals surface area (Å²) >= 11 is 0. The van der Waals surface area contributed by atoms with Gasteiger partial charge in [0.1, 0.15) is 0 Å². The van der Waals surface area contributed by atoms with E-state index >= 15 is 0 Å². The topological polar surface area (TPSA) is 170 Å². The maximum atomic E-state index is 14.6.